The lowest BCUT2D eigenvalue weighted by atomic mass is 10.2. The summed E-state index contributed by atoms with van der Waals surface area (Å²) in [4.78, 5) is 18.5. The smallest absolute Gasteiger partial charge is 0.212 e. The second-order valence-electron chi connectivity index (χ2n) is 6.95. The van der Waals surface area contributed by atoms with E-state index >= 15 is 0 Å². The summed E-state index contributed by atoms with van der Waals surface area (Å²) in [5, 5.41) is 3.43. The number of anilines is 1. The van der Waals surface area contributed by atoms with Gasteiger partial charge in [0.1, 0.15) is 6.33 Å². The number of aromatic nitrogens is 5. The van der Waals surface area contributed by atoms with Crippen molar-refractivity contribution in [2.45, 2.75) is 6.54 Å². The number of hydrogen-bond acceptors (Lipinski definition) is 6. The van der Waals surface area contributed by atoms with Crippen molar-refractivity contribution < 1.29 is 4.74 Å². The molecule has 0 aliphatic rings. The third-order valence-corrected chi connectivity index (χ3v) is 4.94. The standard InChI is InChI=1S/C24H20N6O/c1-31-20-13-12-18(15-25-20)22-28-23(26-14-17-8-4-2-5-9-17)21-24(29-22)30(16-27-21)19-10-6-3-7-11-19/h2-13,15-16H,14H2,1H3,(H,26,28,29). The Kier molecular flexibility index (Phi) is 4.98. The summed E-state index contributed by atoms with van der Waals surface area (Å²) in [5.41, 5.74) is 4.37. The maximum absolute atomic E-state index is 5.17. The van der Waals surface area contributed by atoms with Crippen LogP contribution in [0.1, 0.15) is 5.56 Å². The van der Waals surface area contributed by atoms with Crippen molar-refractivity contribution >= 4 is 17.0 Å². The topological polar surface area (TPSA) is 77.8 Å². The second-order valence-corrected chi connectivity index (χ2v) is 6.95. The van der Waals surface area contributed by atoms with Gasteiger partial charge in [-0.1, -0.05) is 48.5 Å². The van der Waals surface area contributed by atoms with Gasteiger partial charge in [-0.15, -0.1) is 0 Å². The zero-order valence-corrected chi connectivity index (χ0v) is 16.9. The number of nitrogens with zero attached hydrogens (tertiary/aromatic N) is 5. The molecule has 0 amide bonds. The normalized spacial score (nSPS) is 10.9. The molecule has 3 heterocycles. The third kappa shape index (κ3) is 3.81. The Bertz CT molecular complexity index is 1300. The predicted molar refractivity (Wildman–Crippen MR) is 120 cm³/mol. The zero-order chi connectivity index (χ0) is 21.0. The van der Waals surface area contributed by atoms with Crippen molar-refractivity contribution in [3.05, 3.63) is 90.9 Å². The van der Waals surface area contributed by atoms with E-state index in [1.165, 1.54) is 0 Å². The molecule has 5 aromatic rings. The maximum atomic E-state index is 5.17. The van der Waals surface area contributed by atoms with E-state index in [1.54, 1.807) is 25.7 Å². The summed E-state index contributed by atoms with van der Waals surface area (Å²) in [7, 11) is 1.59. The van der Waals surface area contributed by atoms with Crippen LogP contribution in [-0.4, -0.2) is 31.6 Å². The molecule has 0 aliphatic heterocycles. The van der Waals surface area contributed by atoms with E-state index in [4.69, 9.17) is 14.7 Å². The van der Waals surface area contributed by atoms with Crippen LogP contribution in [0, 0.1) is 0 Å². The molecule has 0 bridgehead atoms. The Morgan fingerprint density at radius 1 is 0.871 bits per heavy atom. The lowest BCUT2D eigenvalue weighted by Gasteiger charge is -2.10. The molecule has 31 heavy (non-hydrogen) atoms. The molecule has 2 aromatic carbocycles. The third-order valence-electron chi connectivity index (χ3n) is 4.94. The fraction of sp³-hybridized carbons (Fsp3) is 0.0833. The average molecular weight is 408 g/mol. The Labute approximate surface area is 179 Å². The number of fused-ring (bicyclic) bond motifs is 1. The molecule has 7 nitrogen and oxygen atoms in total. The highest BCUT2D eigenvalue weighted by atomic mass is 16.5. The first kappa shape index (κ1) is 18.7. The number of rotatable bonds is 6. The molecular weight excluding hydrogens is 388 g/mol. The summed E-state index contributed by atoms with van der Waals surface area (Å²) in [6.45, 7) is 0.630. The van der Waals surface area contributed by atoms with Crippen LogP contribution in [-0.2, 0) is 6.54 Å². The van der Waals surface area contributed by atoms with Crippen molar-refractivity contribution in [3.8, 4) is 23.0 Å². The fourth-order valence-corrected chi connectivity index (χ4v) is 3.34. The number of nitrogens with one attached hydrogen (secondary N) is 1. The van der Waals surface area contributed by atoms with Crippen LogP contribution < -0.4 is 10.1 Å². The second kappa shape index (κ2) is 8.23. The molecule has 0 unspecified atom stereocenters. The number of hydrogen-bond donors (Lipinski definition) is 1. The molecule has 7 heteroatoms. The summed E-state index contributed by atoms with van der Waals surface area (Å²) < 4.78 is 7.14. The van der Waals surface area contributed by atoms with E-state index in [9.17, 15) is 0 Å². The predicted octanol–water partition coefficient (Wildman–Crippen LogP) is 4.50. The first-order valence-corrected chi connectivity index (χ1v) is 9.90. The van der Waals surface area contributed by atoms with Crippen LogP contribution >= 0.6 is 0 Å². The molecular formula is C24H20N6O. The Morgan fingerprint density at radius 3 is 2.35 bits per heavy atom. The Hall–Kier alpha value is -4.26. The van der Waals surface area contributed by atoms with E-state index in [0.717, 1.165) is 22.5 Å². The van der Waals surface area contributed by atoms with Crippen molar-refractivity contribution in [1.82, 2.24) is 24.5 Å². The van der Waals surface area contributed by atoms with Gasteiger partial charge in [-0.2, -0.15) is 0 Å². The summed E-state index contributed by atoms with van der Waals surface area (Å²) in [6, 6.07) is 23.9. The molecule has 0 saturated carbocycles. The van der Waals surface area contributed by atoms with Gasteiger partial charge in [-0.25, -0.2) is 19.9 Å². The number of ether oxygens (including phenoxy) is 1. The number of benzene rings is 2. The highest BCUT2D eigenvalue weighted by Crippen LogP contribution is 2.26. The van der Waals surface area contributed by atoms with Gasteiger partial charge in [-0.05, 0) is 23.8 Å². The maximum Gasteiger partial charge on any atom is 0.212 e. The Morgan fingerprint density at radius 2 is 1.65 bits per heavy atom. The lowest BCUT2D eigenvalue weighted by Crippen LogP contribution is -2.05. The largest absolute Gasteiger partial charge is 0.481 e. The van der Waals surface area contributed by atoms with E-state index in [2.05, 4.69) is 27.4 Å². The van der Waals surface area contributed by atoms with Gasteiger partial charge < -0.3 is 10.1 Å². The summed E-state index contributed by atoms with van der Waals surface area (Å²) in [5.74, 6) is 1.78. The highest BCUT2D eigenvalue weighted by molar-refractivity contribution is 5.86. The minimum atomic E-state index is 0.543. The number of imidazole rings is 1. The molecule has 0 atom stereocenters. The first-order chi connectivity index (χ1) is 15.3. The molecule has 5 rings (SSSR count). The molecule has 0 fully saturated rings. The summed E-state index contributed by atoms with van der Waals surface area (Å²) in [6.07, 6.45) is 3.49. The van der Waals surface area contributed by atoms with Crippen LogP contribution in [0.2, 0.25) is 0 Å². The quantitative estimate of drug-likeness (QED) is 0.446. The van der Waals surface area contributed by atoms with Gasteiger partial charge in [0.25, 0.3) is 0 Å². The van der Waals surface area contributed by atoms with Gasteiger partial charge in [0.05, 0.1) is 7.11 Å². The van der Waals surface area contributed by atoms with Gasteiger partial charge in [0.15, 0.2) is 22.8 Å². The lowest BCUT2D eigenvalue weighted by molar-refractivity contribution is 0.398. The van der Waals surface area contributed by atoms with Crippen LogP contribution in [0.25, 0.3) is 28.2 Å². The first-order valence-electron chi connectivity index (χ1n) is 9.90. The molecule has 0 spiro atoms. The van der Waals surface area contributed by atoms with Gasteiger partial charge in [0.2, 0.25) is 5.88 Å². The highest BCUT2D eigenvalue weighted by Gasteiger charge is 2.15. The van der Waals surface area contributed by atoms with Crippen molar-refractivity contribution in [3.63, 3.8) is 0 Å². The van der Waals surface area contributed by atoms with E-state index in [-0.39, 0.29) is 0 Å². The zero-order valence-electron chi connectivity index (χ0n) is 16.9. The van der Waals surface area contributed by atoms with E-state index < -0.39 is 0 Å². The molecule has 0 radical (unpaired) electrons. The number of para-hydroxylation sites is 1. The van der Waals surface area contributed by atoms with Crippen LogP contribution in [0.4, 0.5) is 5.82 Å². The molecule has 1 N–H and O–H groups in total. The molecule has 0 aliphatic carbocycles. The SMILES string of the molecule is COc1ccc(-c2nc(NCc3ccccc3)c3ncn(-c4ccccc4)c3n2)cn1. The van der Waals surface area contributed by atoms with Crippen LogP contribution in [0.3, 0.4) is 0 Å². The van der Waals surface area contributed by atoms with Gasteiger partial charge in [0, 0.05) is 30.1 Å². The monoisotopic (exact) mass is 408 g/mol. The van der Waals surface area contributed by atoms with Crippen molar-refractivity contribution in [2.24, 2.45) is 0 Å². The molecule has 3 aromatic heterocycles. The van der Waals surface area contributed by atoms with E-state index in [1.807, 2.05) is 59.2 Å². The van der Waals surface area contributed by atoms with Crippen molar-refractivity contribution in [1.29, 1.82) is 0 Å². The Balaban J connectivity index is 1.62. The summed E-state index contributed by atoms with van der Waals surface area (Å²) >= 11 is 0. The molecule has 152 valence electrons. The average Bonchev–Trinajstić information content (AvgIpc) is 3.28. The van der Waals surface area contributed by atoms with Gasteiger partial charge >= 0.3 is 0 Å². The minimum absolute atomic E-state index is 0.543. The van der Waals surface area contributed by atoms with Gasteiger partial charge in [-0.3, -0.25) is 4.57 Å². The molecule has 0 saturated heterocycles. The minimum Gasteiger partial charge on any atom is -0.481 e. The number of methoxy groups -OCH3 is 1. The van der Waals surface area contributed by atoms with Crippen molar-refractivity contribution in [2.75, 3.05) is 12.4 Å². The number of pyridine rings is 1. The van der Waals surface area contributed by atoms with Crippen LogP contribution in [0.15, 0.2) is 85.3 Å². The van der Waals surface area contributed by atoms with Crippen LogP contribution in [0.5, 0.6) is 5.88 Å². The van der Waals surface area contributed by atoms with E-state index in [0.29, 0.717) is 29.6 Å². The fourth-order valence-electron chi connectivity index (χ4n) is 3.34.